The van der Waals surface area contributed by atoms with Gasteiger partial charge in [0.15, 0.2) is 6.04 Å². The van der Waals surface area contributed by atoms with Gasteiger partial charge in [-0.05, 0) is 13.8 Å². The molecule has 0 saturated heterocycles. The molecule has 0 aliphatic rings. The van der Waals surface area contributed by atoms with E-state index in [9.17, 15) is 18.0 Å². The summed E-state index contributed by atoms with van der Waals surface area (Å²) in [6.07, 6.45) is -6.03. The molecule has 1 amide bonds. The Morgan fingerprint density at radius 3 is 2.19 bits per heavy atom. The summed E-state index contributed by atoms with van der Waals surface area (Å²) >= 11 is 0. The number of nitrogens with zero attached hydrogens (tertiary/aromatic N) is 1. The number of carbonyl (C=O) groups excluding carboxylic acids is 1. The minimum atomic E-state index is -4.54. The molecule has 0 N–H and O–H groups in total. The number of halogens is 3. The second kappa shape index (κ2) is 5.93. The third-order valence-corrected chi connectivity index (χ3v) is 1.79. The molecule has 0 fully saturated rings. The quantitative estimate of drug-likeness (QED) is 0.758. The Balaban J connectivity index is 4.61. The molecule has 0 spiro atoms. The highest BCUT2D eigenvalue weighted by Gasteiger charge is 2.44. The summed E-state index contributed by atoms with van der Waals surface area (Å²) in [7, 11) is 2.17. The molecule has 4 nitrogen and oxygen atoms in total. The molecule has 0 aromatic carbocycles. The van der Waals surface area contributed by atoms with Crippen LogP contribution in [0.5, 0.6) is 0 Å². The number of hydrogen-bond donors (Lipinski definition) is 0. The van der Waals surface area contributed by atoms with Crippen molar-refractivity contribution >= 4 is 6.09 Å². The molecule has 0 aromatic rings. The maximum atomic E-state index is 12.5. The zero-order valence-electron chi connectivity index (χ0n) is 9.67. The largest absolute Gasteiger partial charge is 0.447 e. The van der Waals surface area contributed by atoms with E-state index < -0.39 is 31.0 Å². The van der Waals surface area contributed by atoms with Crippen molar-refractivity contribution in [3.8, 4) is 0 Å². The smallest absolute Gasteiger partial charge is 0.411 e. The summed E-state index contributed by atoms with van der Waals surface area (Å²) in [6.45, 7) is 2.50. The Kier molecular flexibility index (Phi) is 5.57. The van der Waals surface area contributed by atoms with Gasteiger partial charge in [0.25, 0.3) is 0 Å². The van der Waals surface area contributed by atoms with Crippen LogP contribution in [0.4, 0.5) is 18.0 Å². The number of amides is 1. The third kappa shape index (κ3) is 4.69. The summed E-state index contributed by atoms with van der Waals surface area (Å²) in [5, 5.41) is 0. The predicted molar refractivity (Wildman–Crippen MR) is 51.1 cm³/mol. The molecule has 0 saturated carbocycles. The molecule has 16 heavy (non-hydrogen) atoms. The van der Waals surface area contributed by atoms with E-state index in [1.54, 1.807) is 13.8 Å². The maximum Gasteiger partial charge on any atom is 0.411 e. The summed E-state index contributed by atoms with van der Waals surface area (Å²) in [4.78, 5) is 11.8. The van der Waals surface area contributed by atoms with Gasteiger partial charge in [-0.1, -0.05) is 0 Å². The van der Waals surface area contributed by atoms with Crippen LogP contribution in [-0.2, 0) is 9.47 Å². The van der Waals surface area contributed by atoms with Crippen molar-refractivity contribution in [1.29, 1.82) is 0 Å². The highest BCUT2D eigenvalue weighted by atomic mass is 19.4. The second-order valence-corrected chi connectivity index (χ2v) is 3.56. The average Bonchev–Trinajstić information content (AvgIpc) is 2.10. The zero-order chi connectivity index (χ0) is 12.9. The topological polar surface area (TPSA) is 38.8 Å². The first kappa shape index (κ1) is 15.0. The fourth-order valence-electron chi connectivity index (χ4n) is 0.996. The minimum absolute atomic E-state index is 0.466. The Labute approximate surface area is 92.3 Å². The van der Waals surface area contributed by atoms with Crippen LogP contribution in [0.2, 0.25) is 0 Å². The lowest BCUT2D eigenvalue weighted by atomic mass is 10.3. The van der Waals surface area contributed by atoms with E-state index >= 15 is 0 Å². The minimum Gasteiger partial charge on any atom is -0.447 e. The van der Waals surface area contributed by atoms with E-state index in [2.05, 4.69) is 9.47 Å². The van der Waals surface area contributed by atoms with Crippen LogP contribution in [-0.4, -0.2) is 50.1 Å². The van der Waals surface area contributed by atoms with Crippen molar-refractivity contribution in [2.24, 2.45) is 0 Å². The Hall–Kier alpha value is -0.980. The van der Waals surface area contributed by atoms with Crippen LogP contribution in [0.3, 0.4) is 0 Å². The third-order valence-electron chi connectivity index (χ3n) is 1.79. The van der Waals surface area contributed by atoms with Gasteiger partial charge in [0.05, 0.1) is 12.7 Å². The molecule has 0 aliphatic carbocycles. The van der Waals surface area contributed by atoms with Gasteiger partial charge in [-0.3, -0.25) is 4.90 Å². The van der Waals surface area contributed by atoms with Crippen LogP contribution < -0.4 is 0 Å². The monoisotopic (exact) mass is 243 g/mol. The first-order chi connectivity index (χ1) is 7.20. The van der Waals surface area contributed by atoms with Gasteiger partial charge in [-0.25, -0.2) is 4.79 Å². The standard InChI is InChI=1S/C9H16F3NO3/c1-6(2)16-8(14)13(3)7(5-15-4)9(10,11)12/h6-7H,5H2,1-4H3. The van der Waals surface area contributed by atoms with Crippen LogP contribution in [0.1, 0.15) is 13.8 Å². The fraction of sp³-hybridized carbons (Fsp3) is 0.889. The van der Waals surface area contributed by atoms with Crippen molar-refractivity contribution in [1.82, 2.24) is 4.90 Å². The Bertz CT molecular complexity index is 231. The van der Waals surface area contributed by atoms with Gasteiger partial charge in [0.2, 0.25) is 0 Å². The van der Waals surface area contributed by atoms with Crippen molar-refractivity contribution in [2.45, 2.75) is 32.2 Å². The Morgan fingerprint density at radius 1 is 1.38 bits per heavy atom. The molecule has 96 valence electrons. The predicted octanol–water partition coefficient (Wildman–Crippen LogP) is 2.04. The van der Waals surface area contributed by atoms with Crippen molar-refractivity contribution in [3.63, 3.8) is 0 Å². The molecule has 0 aromatic heterocycles. The first-order valence-electron chi connectivity index (χ1n) is 4.69. The summed E-state index contributed by atoms with van der Waals surface area (Å²) in [5.41, 5.74) is 0. The number of ether oxygens (including phenoxy) is 2. The molecule has 7 heteroatoms. The zero-order valence-corrected chi connectivity index (χ0v) is 9.67. The number of alkyl halides is 3. The van der Waals surface area contributed by atoms with Crippen LogP contribution >= 0.6 is 0 Å². The van der Waals surface area contributed by atoms with Gasteiger partial charge in [-0.2, -0.15) is 13.2 Å². The van der Waals surface area contributed by atoms with E-state index in [1.807, 2.05) is 0 Å². The van der Waals surface area contributed by atoms with Crippen molar-refractivity contribution in [2.75, 3.05) is 20.8 Å². The molecule has 0 radical (unpaired) electrons. The van der Waals surface area contributed by atoms with Crippen molar-refractivity contribution < 1.29 is 27.4 Å². The van der Waals surface area contributed by atoms with Crippen molar-refractivity contribution in [3.05, 3.63) is 0 Å². The maximum absolute atomic E-state index is 12.5. The number of carbonyl (C=O) groups is 1. The average molecular weight is 243 g/mol. The fourth-order valence-corrected chi connectivity index (χ4v) is 0.996. The number of rotatable bonds is 4. The van der Waals surface area contributed by atoms with Gasteiger partial charge >= 0.3 is 12.3 Å². The number of methoxy groups -OCH3 is 1. The molecule has 0 aliphatic heterocycles. The molecule has 1 atom stereocenters. The molecule has 0 rings (SSSR count). The summed E-state index contributed by atoms with van der Waals surface area (Å²) < 4.78 is 46.7. The molecular formula is C9H16F3NO3. The Morgan fingerprint density at radius 2 is 1.88 bits per heavy atom. The van der Waals surface area contributed by atoms with Gasteiger partial charge in [0, 0.05) is 14.2 Å². The SMILES string of the molecule is COCC(N(C)C(=O)OC(C)C)C(F)(F)F. The number of likely N-dealkylation sites (N-methyl/N-ethyl adjacent to an activating group) is 1. The van der Waals surface area contributed by atoms with Crippen LogP contribution in [0.15, 0.2) is 0 Å². The number of hydrogen-bond acceptors (Lipinski definition) is 3. The summed E-state index contributed by atoms with van der Waals surface area (Å²) in [6, 6.07) is -2.00. The summed E-state index contributed by atoms with van der Waals surface area (Å²) in [5.74, 6) is 0. The lowest BCUT2D eigenvalue weighted by Gasteiger charge is -2.29. The lowest BCUT2D eigenvalue weighted by Crippen LogP contribution is -2.49. The molecule has 1 unspecified atom stereocenters. The van der Waals surface area contributed by atoms with E-state index in [0.29, 0.717) is 4.90 Å². The highest BCUT2D eigenvalue weighted by Crippen LogP contribution is 2.24. The van der Waals surface area contributed by atoms with Gasteiger partial charge in [-0.15, -0.1) is 0 Å². The normalized spacial score (nSPS) is 13.8. The molecular weight excluding hydrogens is 227 g/mol. The van der Waals surface area contributed by atoms with E-state index in [0.717, 1.165) is 14.2 Å². The van der Waals surface area contributed by atoms with Crippen LogP contribution in [0.25, 0.3) is 0 Å². The molecule has 0 heterocycles. The lowest BCUT2D eigenvalue weighted by molar-refractivity contribution is -0.187. The van der Waals surface area contributed by atoms with E-state index in [4.69, 9.17) is 0 Å². The molecule has 0 bridgehead atoms. The van der Waals surface area contributed by atoms with Gasteiger partial charge < -0.3 is 9.47 Å². The highest BCUT2D eigenvalue weighted by molar-refractivity contribution is 5.68. The van der Waals surface area contributed by atoms with E-state index in [1.165, 1.54) is 0 Å². The van der Waals surface area contributed by atoms with Gasteiger partial charge in [0.1, 0.15) is 0 Å². The van der Waals surface area contributed by atoms with Crippen LogP contribution in [0, 0.1) is 0 Å². The first-order valence-corrected chi connectivity index (χ1v) is 4.69. The second-order valence-electron chi connectivity index (χ2n) is 3.56. The van der Waals surface area contributed by atoms with E-state index in [-0.39, 0.29) is 0 Å².